The van der Waals surface area contributed by atoms with E-state index in [0.29, 0.717) is 34.4 Å². The number of halogens is 2. The van der Waals surface area contributed by atoms with Crippen LogP contribution in [0.4, 0.5) is 15.9 Å². The number of hydrogen-bond acceptors (Lipinski definition) is 4. The Kier molecular flexibility index (Phi) is 6.11. The summed E-state index contributed by atoms with van der Waals surface area (Å²) in [6.45, 7) is 2.19. The third-order valence-corrected chi connectivity index (χ3v) is 4.54. The highest BCUT2D eigenvalue weighted by molar-refractivity contribution is 6.31. The molecule has 0 radical (unpaired) electrons. The zero-order valence-corrected chi connectivity index (χ0v) is 16.2. The summed E-state index contributed by atoms with van der Waals surface area (Å²) in [6, 6.07) is 12.8. The van der Waals surface area contributed by atoms with E-state index >= 15 is 0 Å². The van der Waals surface area contributed by atoms with Gasteiger partial charge in [0.2, 0.25) is 0 Å². The highest BCUT2D eigenvalue weighted by Crippen LogP contribution is 2.32. The molecule has 1 heterocycles. The second kappa shape index (κ2) is 8.71. The molecule has 7 heteroatoms. The van der Waals surface area contributed by atoms with Crippen LogP contribution in [0.5, 0.6) is 5.75 Å². The molecule has 144 valence electrons. The maximum Gasteiger partial charge on any atom is 0.251 e. The Morgan fingerprint density at radius 1 is 1.18 bits per heavy atom. The highest BCUT2D eigenvalue weighted by Gasteiger charge is 2.11. The molecule has 1 aromatic heterocycles. The zero-order chi connectivity index (χ0) is 20.1. The van der Waals surface area contributed by atoms with Crippen molar-refractivity contribution in [2.45, 2.75) is 13.5 Å². The molecule has 3 aromatic rings. The molecule has 5 nitrogen and oxygen atoms in total. The molecule has 1 amide bonds. The van der Waals surface area contributed by atoms with Gasteiger partial charge in [0.1, 0.15) is 17.4 Å². The van der Waals surface area contributed by atoms with E-state index in [1.165, 1.54) is 12.1 Å². The molecule has 2 aromatic carbocycles. The molecule has 0 saturated heterocycles. The van der Waals surface area contributed by atoms with Gasteiger partial charge < -0.3 is 15.4 Å². The Labute approximate surface area is 167 Å². The fraction of sp³-hybridized carbons (Fsp3) is 0.143. The maximum absolute atomic E-state index is 13.0. The minimum absolute atomic E-state index is 0.256. The Bertz CT molecular complexity index is 993. The van der Waals surface area contributed by atoms with Gasteiger partial charge in [0, 0.05) is 29.4 Å². The first-order chi connectivity index (χ1) is 13.5. The molecular formula is C21H19ClFN3O2. The van der Waals surface area contributed by atoms with Crippen molar-refractivity contribution in [3.05, 3.63) is 82.3 Å². The van der Waals surface area contributed by atoms with Crippen LogP contribution in [0, 0.1) is 12.7 Å². The predicted octanol–water partition coefficient (Wildman–Crippen LogP) is 4.86. The van der Waals surface area contributed by atoms with Crippen molar-refractivity contribution in [2.24, 2.45) is 0 Å². The summed E-state index contributed by atoms with van der Waals surface area (Å²) in [5, 5.41) is 6.56. The van der Waals surface area contributed by atoms with Crippen LogP contribution in [-0.2, 0) is 6.54 Å². The number of hydrogen-bond donors (Lipinski definition) is 2. The number of carbonyl (C=O) groups excluding carboxylic acids is 1. The van der Waals surface area contributed by atoms with Crippen LogP contribution >= 0.6 is 11.6 Å². The molecule has 0 unspecified atom stereocenters. The quantitative estimate of drug-likeness (QED) is 0.621. The number of methoxy groups -OCH3 is 1. The first-order valence-corrected chi connectivity index (χ1v) is 8.94. The number of ether oxygens (including phenoxy) is 1. The van der Waals surface area contributed by atoms with Crippen molar-refractivity contribution in [3.63, 3.8) is 0 Å². The summed E-state index contributed by atoms with van der Waals surface area (Å²) in [6.07, 6.45) is 1.55. The first-order valence-electron chi connectivity index (χ1n) is 8.56. The van der Waals surface area contributed by atoms with Gasteiger partial charge >= 0.3 is 0 Å². The lowest BCUT2D eigenvalue weighted by molar-refractivity contribution is 0.0951. The number of rotatable bonds is 6. The predicted molar refractivity (Wildman–Crippen MR) is 108 cm³/mol. The van der Waals surface area contributed by atoms with Gasteiger partial charge in [-0.3, -0.25) is 4.79 Å². The Hall–Kier alpha value is -3.12. The molecule has 0 atom stereocenters. The van der Waals surface area contributed by atoms with Crippen molar-refractivity contribution >= 4 is 29.0 Å². The van der Waals surface area contributed by atoms with E-state index in [1.807, 2.05) is 13.0 Å². The smallest absolute Gasteiger partial charge is 0.251 e. The van der Waals surface area contributed by atoms with Crippen LogP contribution in [0.15, 0.2) is 54.7 Å². The van der Waals surface area contributed by atoms with Crippen LogP contribution in [0.1, 0.15) is 21.5 Å². The number of anilines is 2. The van der Waals surface area contributed by atoms with Gasteiger partial charge in [0.05, 0.1) is 12.8 Å². The largest absolute Gasteiger partial charge is 0.495 e. The van der Waals surface area contributed by atoms with E-state index < -0.39 is 0 Å². The Balaban J connectivity index is 1.72. The number of nitrogens with one attached hydrogen (secondary N) is 2. The normalized spacial score (nSPS) is 10.4. The van der Waals surface area contributed by atoms with Gasteiger partial charge in [0.15, 0.2) is 0 Å². The van der Waals surface area contributed by atoms with Crippen LogP contribution in [0.3, 0.4) is 0 Å². The number of amides is 1. The molecule has 0 saturated carbocycles. The number of nitrogens with zero attached hydrogens (tertiary/aromatic N) is 1. The van der Waals surface area contributed by atoms with E-state index in [-0.39, 0.29) is 11.7 Å². The molecule has 28 heavy (non-hydrogen) atoms. The van der Waals surface area contributed by atoms with Crippen molar-refractivity contribution in [1.29, 1.82) is 0 Å². The van der Waals surface area contributed by atoms with Crippen LogP contribution in [0.2, 0.25) is 5.02 Å². The summed E-state index contributed by atoms with van der Waals surface area (Å²) < 4.78 is 18.3. The minimum Gasteiger partial charge on any atom is -0.495 e. The van der Waals surface area contributed by atoms with Crippen LogP contribution in [0.25, 0.3) is 0 Å². The topological polar surface area (TPSA) is 63.2 Å². The summed E-state index contributed by atoms with van der Waals surface area (Å²) >= 11 is 6.13. The van der Waals surface area contributed by atoms with Gasteiger partial charge in [-0.1, -0.05) is 23.7 Å². The summed E-state index contributed by atoms with van der Waals surface area (Å²) in [5.74, 6) is 0.500. The standard InChI is InChI=1S/C21H19ClFN3O2/c1-13-9-18(19(28-2)11-17(13)22)26-20-10-15(7-8-24-20)21(27)25-12-14-3-5-16(23)6-4-14/h3-11H,12H2,1-2H3,(H,24,26)(H,25,27). The van der Waals surface area contributed by atoms with Crippen LogP contribution in [-0.4, -0.2) is 18.0 Å². The second-order valence-electron chi connectivity index (χ2n) is 6.17. The molecule has 2 N–H and O–H groups in total. The average Bonchev–Trinajstić information content (AvgIpc) is 2.70. The van der Waals surface area contributed by atoms with E-state index in [9.17, 15) is 9.18 Å². The van der Waals surface area contributed by atoms with Crippen molar-refractivity contribution in [1.82, 2.24) is 10.3 Å². The number of carbonyl (C=O) groups is 1. The van der Waals surface area contributed by atoms with Crippen LogP contribution < -0.4 is 15.4 Å². The van der Waals surface area contributed by atoms with Crippen molar-refractivity contribution in [3.8, 4) is 5.75 Å². The third-order valence-electron chi connectivity index (χ3n) is 4.13. The number of pyridine rings is 1. The highest BCUT2D eigenvalue weighted by atomic mass is 35.5. The molecule has 0 aliphatic heterocycles. The van der Waals surface area contributed by atoms with Gasteiger partial charge in [-0.25, -0.2) is 9.37 Å². The molecule has 0 fully saturated rings. The van der Waals surface area contributed by atoms with Gasteiger partial charge in [-0.15, -0.1) is 0 Å². The molecule has 3 rings (SSSR count). The number of aryl methyl sites for hydroxylation is 1. The Morgan fingerprint density at radius 2 is 1.93 bits per heavy atom. The van der Waals surface area contributed by atoms with Gasteiger partial charge in [0.25, 0.3) is 5.91 Å². The molecule has 0 spiro atoms. The lowest BCUT2D eigenvalue weighted by atomic mass is 10.2. The minimum atomic E-state index is -0.312. The molecule has 0 bridgehead atoms. The average molecular weight is 400 g/mol. The number of benzene rings is 2. The van der Waals surface area contributed by atoms with E-state index in [0.717, 1.165) is 11.1 Å². The van der Waals surface area contributed by atoms with E-state index in [4.69, 9.17) is 16.3 Å². The number of aromatic nitrogens is 1. The van der Waals surface area contributed by atoms with E-state index in [2.05, 4.69) is 15.6 Å². The molecule has 0 aliphatic carbocycles. The second-order valence-corrected chi connectivity index (χ2v) is 6.57. The fourth-order valence-corrected chi connectivity index (χ4v) is 2.75. The van der Waals surface area contributed by atoms with Crippen molar-refractivity contribution in [2.75, 3.05) is 12.4 Å². The molecule has 0 aliphatic rings. The third kappa shape index (κ3) is 4.78. The van der Waals surface area contributed by atoms with Crippen molar-refractivity contribution < 1.29 is 13.9 Å². The maximum atomic E-state index is 13.0. The summed E-state index contributed by atoms with van der Waals surface area (Å²) in [4.78, 5) is 16.7. The summed E-state index contributed by atoms with van der Waals surface area (Å²) in [5.41, 5.74) is 2.84. The lowest BCUT2D eigenvalue weighted by Crippen LogP contribution is -2.22. The SMILES string of the molecule is COc1cc(Cl)c(C)cc1Nc1cc(C(=O)NCc2ccc(F)cc2)ccn1. The first kappa shape index (κ1) is 19.6. The van der Waals surface area contributed by atoms with E-state index in [1.54, 1.807) is 43.6 Å². The Morgan fingerprint density at radius 3 is 2.64 bits per heavy atom. The lowest BCUT2D eigenvalue weighted by Gasteiger charge is -2.13. The monoisotopic (exact) mass is 399 g/mol. The van der Waals surface area contributed by atoms with Gasteiger partial charge in [-0.2, -0.15) is 0 Å². The zero-order valence-electron chi connectivity index (χ0n) is 15.4. The molecular weight excluding hydrogens is 381 g/mol. The summed E-state index contributed by atoms with van der Waals surface area (Å²) in [7, 11) is 1.55. The fourth-order valence-electron chi connectivity index (χ4n) is 2.59. The van der Waals surface area contributed by atoms with Gasteiger partial charge in [-0.05, 0) is 48.4 Å².